The fraction of sp³-hybridized carbons (Fsp3) is 0.833. The van der Waals surface area contributed by atoms with Gasteiger partial charge in [-0.15, -0.1) is 6.58 Å². The molecule has 21 heavy (non-hydrogen) atoms. The summed E-state index contributed by atoms with van der Waals surface area (Å²) < 4.78 is 11.5. The molecule has 0 spiro atoms. The Kier molecular flexibility index (Phi) is 3.12. The Morgan fingerprint density at radius 3 is 2.57 bits per heavy atom. The molecule has 2 saturated carbocycles. The summed E-state index contributed by atoms with van der Waals surface area (Å²) in [6, 6.07) is 0. The highest BCUT2D eigenvalue weighted by Gasteiger charge is 2.77. The van der Waals surface area contributed by atoms with Crippen LogP contribution in [-0.2, 0) is 14.3 Å². The van der Waals surface area contributed by atoms with Crippen molar-refractivity contribution in [2.75, 3.05) is 7.11 Å². The summed E-state index contributed by atoms with van der Waals surface area (Å²) in [4.78, 5) is 12.6. The first kappa shape index (κ1) is 15.1. The lowest BCUT2D eigenvalue weighted by atomic mass is 9.49. The third-order valence-corrected chi connectivity index (χ3v) is 6.58. The van der Waals surface area contributed by atoms with Crippen molar-refractivity contribution in [1.82, 2.24) is 0 Å². The number of esters is 1. The van der Waals surface area contributed by atoms with Gasteiger partial charge in [0.1, 0.15) is 5.60 Å². The number of methoxy groups -OCH3 is 1. The van der Waals surface area contributed by atoms with Gasteiger partial charge in [0.25, 0.3) is 0 Å². The van der Waals surface area contributed by atoms with Gasteiger partial charge in [-0.05, 0) is 50.9 Å². The van der Waals surface area contributed by atoms with Crippen LogP contribution >= 0.6 is 0 Å². The van der Waals surface area contributed by atoms with E-state index in [-0.39, 0.29) is 33.9 Å². The zero-order valence-corrected chi connectivity index (χ0v) is 13.8. The van der Waals surface area contributed by atoms with Gasteiger partial charge in [-0.1, -0.05) is 19.9 Å². The van der Waals surface area contributed by atoms with E-state index >= 15 is 0 Å². The molecule has 1 saturated heterocycles. The molecule has 0 radical (unpaired) electrons. The van der Waals surface area contributed by atoms with Crippen LogP contribution in [0.15, 0.2) is 12.7 Å². The maximum Gasteiger partial charge on any atom is 0.312 e. The van der Waals surface area contributed by atoms with Gasteiger partial charge in [0.05, 0.1) is 18.1 Å². The van der Waals surface area contributed by atoms with Crippen LogP contribution in [0.4, 0.5) is 0 Å². The van der Waals surface area contributed by atoms with Gasteiger partial charge in [0.2, 0.25) is 0 Å². The molecule has 2 aliphatic carbocycles. The molecule has 0 aromatic heterocycles. The van der Waals surface area contributed by atoms with Crippen LogP contribution in [-0.4, -0.2) is 24.3 Å². The lowest BCUT2D eigenvalue weighted by molar-refractivity contribution is -0.167. The lowest BCUT2D eigenvalue weighted by Crippen LogP contribution is -2.56. The monoisotopic (exact) mass is 292 g/mol. The molecular formula is C18H28O3. The van der Waals surface area contributed by atoms with E-state index in [9.17, 15) is 4.79 Å². The van der Waals surface area contributed by atoms with Gasteiger partial charge in [0, 0.05) is 5.92 Å². The minimum Gasteiger partial charge on any atom is -0.469 e. The van der Waals surface area contributed by atoms with Crippen molar-refractivity contribution in [2.45, 2.75) is 70.5 Å². The summed E-state index contributed by atoms with van der Waals surface area (Å²) >= 11 is 0. The summed E-state index contributed by atoms with van der Waals surface area (Å²) in [6.07, 6.45) is 7.69. The van der Waals surface area contributed by atoms with Crippen molar-refractivity contribution < 1.29 is 14.3 Å². The smallest absolute Gasteiger partial charge is 0.312 e. The van der Waals surface area contributed by atoms with Crippen molar-refractivity contribution in [2.24, 2.45) is 16.7 Å². The fourth-order valence-corrected chi connectivity index (χ4v) is 5.20. The van der Waals surface area contributed by atoms with Gasteiger partial charge in [-0.3, -0.25) is 4.79 Å². The first-order valence-electron chi connectivity index (χ1n) is 8.15. The highest BCUT2D eigenvalue weighted by atomic mass is 16.6. The van der Waals surface area contributed by atoms with Crippen LogP contribution in [0, 0.1) is 16.7 Å². The van der Waals surface area contributed by atoms with E-state index in [0.717, 1.165) is 38.5 Å². The molecule has 118 valence electrons. The molecule has 4 atom stereocenters. The van der Waals surface area contributed by atoms with Crippen molar-refractivity contribution in [3.63, 3.8) is 0 Å². The molecule has 3 rings (SSSR count). The number of ether oxygens (including phenoxy) is 2. The number of carbonyl (C=O) groups is 1. The largest absolute Gasteiger partial charge is 0.469 e. The summed E-state index contributed by atoms with van der Waals surface area (Å²) in [6.45, 7) is 10.8. The summed E-state index contributed by atoms with van der Waals surface area (Å²) in [7, 11) is 1.52. The molecular weight excluding hydrogens is 264 g/mol. The van der Waals surface area contributed by atoms with Crippen molar-refractivity contribution >= 4 is 5.97 Å². The van der Waals surface area contributed by atoms with Gasteiger partial charge in [0.15, 0.2) is 0 Å². The van der Waals surface area contributed by atoms with Crippen LogP contribution in [0.2, 0.25) is 0 Å². The average Bonchev–Trinajstić information content (AvgIpc) is 3.04. The van der Waals surface area contributed by atoms with E-state index in [0.29, 0.717) is 0 Å². The second-order valence-electron chi connectivity index (χ2n) is 8.28. The zero-order valence-electron chi connectivity index (χ0n) is 13.8. The first-order chi connectivity index (χ1) is 9.75. The highest BCUT2D eigenvalue weighted by Crippen LogP contribution is 2.71. The molecule has 0 aromatic rings. The summed E-state index contributed by atoms with van der Waals surface area (Å²) in [5.74, 6) is 0.224. The molecule has 1 heterocycles. The number of rotatable bonds is 3. The van der Waals surface area contributed by atoms with E-state index in [1.54, 1.807) is 0 Å². The third-order valence-electron chi connectivity index (χ3n) is 6.58. The van der Waals surface area contributed by atoms with E-state index in [2.05, 4.69) is 27.4 Å². The summed E-state index contributed by atoms with van der Waals surface area (Å²) in [5, 5.41) is 0. The van der Waals surface area contributed by atoms with Gasteiger partial charge >= 0.3 is 5.97 Å². The van der Waals surface area contributed by atoms with Gasteiger partial charge < -0.3 is 9.47 Å². The Bertz CT molecular complexity index is 483. The van der Waals surface area contributed by atoms with Crippen LogP contribution in [0.25, 0.3) is 0 Å². The predicted molar refractivity (Wildman–Crippen MR) is 81.8 cm³/mol. The molecule has 1 aliphatic heterocycles. The first-order valence-corrected chi connectivity index (χ1v) is 8.15. The standard InChI is InChI=1S/C18H28O3/c1-6-7-18-13-12-15(2,3)8-10-17(13,14(19)20-5)11-9-16(18,4)21-18/h6,13H,1,7-12H2,2-5H3/t13-,16+,17+,18-/m1/s1. The van der Waals surface area contributed by atoms with Crippen LogP contribution in [0.5, 0.6) is 0 Å². The molecule has 3 heteroatoms. The summed E-state index contributed by atoms with van der Waals surface area (Å²) in [5.41, 5.74) is -0.348. The van der Waals surface area contributed by atoms with Crippen LogP contribution in [0.1, 0.15) is 59.3 Å². The molecule has 3 aliphatic rings. The molecule has 0 amide bonds. The normalized spacial score (nSPS) is 47.0. The number of fused-ring (bicyclic) bond motifs is 3. The second-order valence-corrected chi connectivity index (χ2v) is 8.28. The minimum absolute atomic E-state index is 0.0241. The fourth-order valence-electron chi connectivity index (χ4n) is 5.20. The molecule has 3 nitrogen and oxygen atoms in total. The Morgan fingerprint density at radius 2 is 1.95 bits per heavy atom. The number of hydrogen-bond donors (Lipinski definition) is 0. The SMILES string of the molecule is C=CC[C@]12O[C@@]1(C)CC[C@@]1(C(=O)OC)CCC(C)(C)C[C@H]12. The zero-order chi connectivity index (χ0) is 15.5. The minimum atomic E-state index is -0.344. The van der Waals surface area contributed by atoms with Crippen molar-refractivity contribution in [3.05, 3.63) is 12.7 Å². The van der Waals surface area contributed by atoms with Crippen LogP contribution in [0.3, 0.4) is 0 Å². The second kappa shape index (κ2) is 4.34. The van der Waals surface area contributed by atoms with Crippen molar-refractivity contribution in [3.8, 4) is 0 Å². The van der Waals surface area contributed by atoms with Gasteiger partial charge in [-0.2, -0.15) is 0 Å². The maximum atomic E-state index is 12.6. The number of hydrogen-bond acceptors (Lipinski definition) is 3. The topological polar surface area (TPSA) is 38.8 Å². The molecule has 0 unspecified atom stereocenters. The Morgan fingerprint density at radius 1 is 1.29 bits per heavy atom. The quantitative estimate of drug-likeness (QED) is 0.450. The Labute approximate surface area is 128 Å². The highest BCUT2D eigenvalue weighted by molar-refractivity contribution is 5.78. The molecule has 0 aromatic carbocycles. The van der Waals surface area contributed by atoms with E-state index < -0.39 is 0 Å². The van der Waals surface area contributed by atoms with E-state index in [1.165, 1.54) is 7.11 Å². The van der Waals surface area contributed by atoms with E-state index in [4.69, 9.17) is 9.47 Å². The average molecular weight is 292 g/mol. The van der Waals surface area contributed by atoms with Gasteiger partial charge in [-0.25, -0.2) is 0 Å². The van der Waals surface area contributed by atoms with Crippen LogP contribution < -0.4 is 0 Å². The third kappa shape index (κ3) is 1.86. The number of epoxide rings is 1. The Balaban J connectivity index is 2.04. The lowest BCUT2D eigenvalue weighted by Gasteiger charge is -2.52. The molecule has 0 bridgehead atoms. The maximum absolute atomic E-state index is 12.6. The Hall–Kier alpha value is -0.830. The molecule has 3 fully saturated rings. The number of carbonyl (C=O) groups excluding carboxylic acids is 1. The van der Waals surface area contributed by atoms with E-state index in [1.807, 2.05) is 6.08 Å². The van der Waals surface area contributed by atoms with Crippen molar-refractivity contribution in [1.29, 1.82) is 0 Å². The predicted octanol–water partition coefficient (Wildman–Crippen LogP) is 3.87. The molecule has 0 N–H and O–H groups in total.